The molecule has 0 heterocycles. The summed E-state index contributed by atoms with van der Waals surface area (Å²) in [6.45, 7) is 4.42. The van der Waals surface area contributed by atoms with Gasteiger partial charge in [-0.15, -0.1) is 0 Å². The Morgan fingerprint density at radius 1 is 1.38 bits per heavy atom. The molecule has 0 N–H and O–H groups in total. The largest absolute Gasteiger partial charge is 0.0844 e. The summed E-state index contributed by atoms with van der Waals surface area (Å²) < 4.78 is 0. The Bertz CT molecular complexity index is 285. The van der Waals surface area contributed by atoms with Gasteiger partial charge in [-0.3, -0.25) is 0 Å². The van der Waals surface area contributed by atoms with Crippen LogP contribution in [-0.2, 0) is 0 Å². The fraction of sp³-hybridized carbons (Fsp3) is 0.538. The van der Waals surface area contributed by atoms with E-state index in [-0.39, 0.29) is 0 Å². The highest BCUT2D eigenvalue weighted by Gasteiger charge is 2.19. The quantitative estimate of drug-likeness (QED) is 0.487. The number of hydrogen-bond donors (Lipinski definition) is 0. The standard InChI is InChI=1S/C13H18/c1-10(2)12-8-7-11-5-3-4-6-13(11)9-12/h6-8,11H,3-5,9H2,1-2H3. The summed E-state index contributed by atoms with van der Waals surface area (Å²) in [7, 11) is 0. The van der Waals surface area contributed by atoms with Gasteiger partial charge in [-0.25, -0.2) is 0 Å². The molecule has 1 atom stereocenters. The third-order valence-electron chi connectivity index (χ3n) is 3.17. The van der Waals surface area contributed by atoms with Crippen molar-refractivity contribution in [3.05, 3.63) is 34.9 Å². The van der Waals surface area contributed by atoms with Gasteiger partial charge in [0.25, 0.3) is 0 Å². The number of allylic oxidation sites excluding steroid dienone is 6. The predicted octanol–water partition coefficient (Wildman–Crippen LogP) is 4.01. The van der Waals surface area contributed by atoms with E-state index in [1.807, 2.05) is 0 Å². The molecule has 0 radical (unpaired) electrons. The van der Waals surface area contributed by atoms with Crippen LogP contribution in [0.2, 0.25) is 0 Å². The first-order chi connectivity index (χ1) is 6.27. The lowest BCUT2D eigenvalue weighted by Gasteiger charge is -2.26. The molecule has 0 aliphatic heterocycles. The van der Waals surface area contributed by atoms with E-state index in [2.05, 4.69) is 32.1 Å². The van der Waals surface area contributed by atoms with E-state index in [9.17, 15) is 0 Å². The fourth-order valence-electron chi connectivity index (χ4n) is 2.24. The van der Waals surface area contributed by atoms with E-state index >= 15 is 0 Å². The average Bonchev–Trinajstić information content (AvgIpc) is 2.17. The Morgan fingerprint density at radius 2 is 2.23 bits per heavy atom. The summed E-state index contributed by atoms with van der Waals surface area (Å²) in [6.07, 6.45) is 12.5. The molecular formula is C13H18. The number of fused-ring (bicyclic) bond motifs is 1. The van der Waals surface area contributed by atoms with Gasteiger partial charge >= 0.3 is 0 Å². The average molecular weight is 174 g/mol. The summed E-state index contributed by atoms with van der Waals surface area (Å²) in [6, 6.07) is 0. The van der Waals surface area contributed by atoms with Crippen LogP contribution >= 0.6 is 0 Å². The van der Waals surface area contributed by atoms with Crippen molar-refractivity contribution < 1.29 is 0 Å². The van der Waals surface area contributed by atoms with Crippen molar-refractivity contribution in [2.75, 3.05) is 0 Å². The topological polar surface area (TPSA) is 0 Å². The Labute approximate surface area is 81.0 Å². The molecule has 0 aromatic heterocycles. The van der Waals surface area contributed by atoms with Crippen molar-refractivity contribution in [1.82, 2.24) is 0 Å². The van der Waals surface area contributed by atoms with Crippen LogP contribution in [0.25, 0.3) is 0 Å². The van der Waals surface area contributed by atoms with Crippen LogP contribution < -0.4 is 0 Å². The van der Waals surface area contributed by atoms with Crippen LogP contribution in [0.15, 0.2) is 34.9 Å². The molecule has 0 nitrogen and oxygen atoms in total. The summed E-state index contributed by atoms with van der Waals surface area (Å²) in [5.74, 6) is 0.775. The molecule has 13 heavy (non-hydrogen) atoms. The van der Waals surface area contributed by atoms with E-state index in [1.54, 1.807) is 5.57 Å². The van der Waals surface area contributed by atoms with Crippen LogP contribution in [-0.4, -0.2) is 0 Å². The smallest absolute Gasteiger partial charge is 0.00166 e. The van der Waals surface area contributed by atoms with Crippen molar-refractivity contribution in [2.24, 2.45) is 5.92 Å². The van der Waals surface area contributed by atoms with Crippen LogP contribution in [0.5, 0.6) is 0 Å². The highest BCUT2D eigenvalue weighted by molar-refractivity contribution is 5.37. The molecule has 0 saturated heterocycles. The Morgan fingerprint density at radius 3 is 3.00 bits per heavy atom. The third-order valence-corrected chi connectivity index (χ3v) is 3.17. The first-order valence-electron chi connectivity index (χ1n) is 5.31. The zero-order valence-corrected chi connectivity index (χ0v) is 8.64. The van der Waals surface area contributed by atoms with Crippen LogP contribution in [0.1, 0.15) is 39.5 Å². The molecule has 0 spiro atoms. The Hall–Kier alpha value is -0.780. The van der Waals surface area contributed by atoms with Crippen molar-refractivity contribution >= 4 is 0 Å². The van der Waals surface area contributed by atoms with Crippen LogP contribution in [0, 0.1) is 5.92 Å². The first kappa shape index (κ1) is 8.80. The summed E-state index contributed by atoms with van der Waals surface area (Å²) in [5.41, 5.74) is 4.68. The van der Waals surface area contributed by atoms with Crippen molar-refractivity contribution in [1.29, 1.82) is 0 Å². The minimum Gasteiger partial charge on any atom is -0.0844 e. The normalized spacial score (nSPS) is 26.8. The molecule has 2 aliphatic carbocycles. The zero-order valence-electron chi connectivity index (χ0n) is 8.64. The monoisotopic (exact) mass is 174 g/mol. The first-order valence-corrected chi connectivity index (χ1v) is 5.31. The number of rotatable bonds is 0. The minimum absolute atomic E-state index is 0.775. The molecule has 70 valence electrons. The van der Waals surface area contributed by atoms with Crippen molar-refractivity contribution in [2.45, 2.75) is 39.5 Å². The molecule has 0 saturated carbocycles. The zero-order chi connectivity index (χ0) is 9.26. The molecule has 0 aromatic rings. The molecule has 2 aliphatic rings. The van der Waals surface area contributed by atoms with Gasteiger partial charge in [-0.2, -0.15) is 0 Å². The molecule has 0 heteroatoms. The lowest BCUT2D eigenvalue weighted by Crippen LogP contribution is -2.10. The second-order valence-corrected chi connectivity index (χ2v) is 4.38. The molecule has 0 aromatic carbocycles. The lowest BCUT2D eigenvalue weighted by atomic mass is 9.79. The summed E-state index contributed by atoms with van der Waals surface area (Å²) in [4.78, 5) is 0. The van der Waals surface area contributed by atoms with Gasteiger partial charge in [0.1, 0.15) is 0 Å². The molecule has 0 bridgehead atoms. The maximum absolute atomic E-state index is 2.46. The summed E-state index contributed by atoms with van der Waals surface area (Å²) >= 11 is 0. The van der Waals surface area contributed by atoms with E-state index in [0.717, 1.165) is 5.92 Å². The second-order valence-electron chi connectivity index (χ2n) is 4.38. The molecule has 2 rings (SSSR count). The lowest BCUT2D eigenvalue weighted by molar-refractivity contribution is 0.578. The minimum atomic E-state index is 0.775. The third kappa shape index (κ3) is 1.77. The van der Waals surface area contributed by atoms with Crippen molar-refractivity contribution in [3.63, 3.8) is 0 Å². The fourth-order valence-corrected chi connectivity index (χ4v) is 2.24. The molecular weight excluding hydrogens is 156 g/mol. The Kier molecular flexibility index (Phi) is 2.39. The second kappa shape index (κ2) is 3.53. The number of hydrogen-bond acceptors (Lipinski definition) is 0. The molecule has 0 amide bonds. The van der Waals surface area contributed by atoms with E-state index in [4.69, 9.17) is 0 Å². The maximum atomic E-state index is 2.46. The van der Waals surface area contributed by atoms with Gasteiger partial charge in [0.15, 0.2) is 0 Å². The predicted molar refractivity (Wildman–Crippen MR) is 57.6 cm³/mol. The summed E-state index contributed by atoms with van der Waals surface area (Å²) in [5, 5.41) is 0. The van der Waals surface area contributed by atoms with Gasteiger partial charge in [0, 0.05) is 0 Å². The van der Waals surface area contributed by atoms with Gasteiger partial charge in [-0.05, 0) is 51.0 Å². The van der Waals surface area contributed by atoms with Gasteiger partial charge in [0.05, 0.1) is 0 Å². The maximum Gasteiger partial charge on any atom is -0.00166 e. The SMILES string of the molecule is CC(C)=C1C=CC2CCCC=C2C1. The molecule has 0 fully saturated rings. The van der Waals surface area contributed by atoms with E-state index < -0.39 is 0 Å². The Balaban J connectivity index is 2.27. The van der Waals surface area contributed by atoms with E-state index in [0.29, 0.717) is 0 Å². The van der Waals surface area contributed by atoms with Gasteiger partial charge in [0.2, 0.25) is 0 Å². The van der Waals surface area contributed by atoms with Gasteiger partial charge in [-0.1, -0.05) is 29.4 Å². The highest BCUT2D eigenvalue weighted by Crippen LogP contribution is 2.35. The van der Waals surface area contributed by atoms with E-state index in [1.165, 1.54) is 36.8 Å². The van der Waals surface area contributed by atoms with Gasteiger partial charge < -0.3 is 0 Å². The van der Waals surface area contributed by atoms with Crippen molar-refractivity contribution in [3.8, 4) is 0 Å². The highest BCUT2D eigenvalue weighted by atomic mass is 14.2. The van der Waals surface area contributed by atoms with Crippen LogP contribution in [0.3, 0.4) is 0 Å². The molecule has 1 unspecified atom stereocenters. The van der Waals surface area contributed by atoms with Crippen LogP contribution in [0.4, 0.5) is 0 Å².